The van der Waals surface area contributed by atoms with Crippen LogP contribution in [0, 0.1) is 6.92 Å². The SMILES string of the molecule is Cc1nn2cc(Cc3ccccc3)cnc2c1-c1ccccc1. The molecule has 0 fully saturated rings. The molecule has 23 heavy (non-hydrogen) atoms. The number of hydrogen-bond acceptors (Lipinski definition) is 2. The van der Waals surface area contributed by atoms with Crippen molar-refractivity contribution < 1.29 is 0 Å². The summed E-state index contributed by atoms with van der Waals surface area (Å²) in [6.45, 7) is 2.04. The predicted molar refractivity (Wildman–Crippen MR) is 92.4 cm³/mol. The van der Waals surface area contributed by atoms with Crippen molar-refractivity contribution in [1.29, 1.82) is 0 Å². The van der Waals surface area contributed by atoms with E-state index in [2.05, 4.69) is 52.7 Å². The highest BCUT2D eigenvalue weighted by Gasteiger charge is 2.12. The zero-order valence-electron chi connectivity index (χ0n) is 13.0. The molecule has 0 atom stereocenters. The van der Waals surface area contributed by atoms with Crippen molar-refractivity contribution in [2.24, 2.45) is 0 Å². The summed E-state index contributed by atoms with van der Waals surface area (Å²) in [4.78, 5) is 4.67. The van der Waals surface area contributed by atoms with Crippen LogP contribution in [0.25, 0.3) is 16.8 Å². The number of benzene rings is 2. The molecule has 0 N–H and O–H groups in total. The summed E-state index contributed by atoms with van der Waals surface area (Å²) >= 11 is 0. The monoisotopic (exact) mass is 299 g/mol. The Hall–Kier alpha value is -2.94. The van der Waals surface area contributed by atoms with Gasteiger partial charge in [0.25, 0.3) is 0 Å². The van der Waals surface area contributed by atoms with Crippen LogP contribution in [-0.2, 0) is 6.42 Å². The number of fused-ring (bicyclic) bond motifs is 1. The number of aryl methyl sites for hydroxylation is 1. The maximum atomic E-state index is 4.67. The molecule has 0 spiro atoms. The highest BCUT2D eigenvalue weighted by Crippen LogP contribution is 2.26. The van der Waals surface area contributed by atoms with E-state index in [1.54, 1.807) is 0 Å². The van der Waals surface area contributed by atoms with Gasteiger partial charge in [-0.15, -0.1) is 0 Å². The van der Waals surface area contributed by atoms with Gasteiger partial charge in [-0.25, -0.2) is 9.50 Å². The Labute approximate surface area is 135 Å². The van der Waals surface area contributed by atoms with E-state index in [0.29, 0.717) is 0 Å². The molecule has 0 radical (unpaired) electrons. The molecule has 0 aliphatic carbocycles. The fourth-order valence-corrected chi connectivity index (χ4v) is 2.95. The van der Waals surface area contributed by atoms with E-state index in [1.165, 1.54) is 5.56 Å². The lowest BCUT2D eigenvalue weighted by Gasteiger charge is -2.03. The van der Waals surface area contributed by atoms with Gasteiger partial charge in [0.2, 0.25) is 0 Å². The van der Waals surface area contributed by atoms with Crippen LogP contribution in [0.1, 0.15) is 16.8 Å². The van der Waals surface area contributed by atoms with E-state index in [4.69, 9.17) is 0 Å². The summed E-state index contributed by atoms with van der Waals surface area (Å²) in [5.41, 5.74) is 6.61. The molecule has 4 aromatic rings. The first-order valence-corrected chi connectivity index (χ1v) is 7.74. The van der Waals surface area contributed by atoms with Gasteiger partial charge in [-0.2, -0.15) is 5.10 Å². The molecule has 2 aromatic carbocycles. The van der Waals surface area contributed by atoms with Gasteiger partial charge in [0.15, 0.2) is 5.65 Å². The summed E-state index contributed by atoms with van der Waals surface area (Å²) in [5.74, 6) is 0. The Balaban J connectivity index is 1.77. The summed E-state index contributed by atoms with van der Waals surface area (Å²) in [7, 11) is 0. The largest absolute Gasteiger partial charge is 0.236 e. The number of hydrogen-bond donors (Lipinski definition) is 0. The van der Waals surface area contributed by atoms with Crippen LogP contribution in [0.5, 0.6) is 0 Å². The van der Waals surface area contributed by atoms with Crippen LogP contribution in [-0.4, -0.2) is 14.6 Å². The summed E-state index contributed by atoms with van der Waals surface area (Å²) in [5, 5.41) is 4.65. The lowest BCUT2D eigenvalue weighted by molar-refractivity contribution is 0.898. The van der Waals surface area contributed by atoms with Gasteiger partial charge in [0, 0.05) is 24.4 Å². The van der Waals surface area contributed by atoms with Crippen LogP contribution in [0.2, 0.25) is 0 Å². The average molecular weight is 299 g/mol. The minimum atomic E-state index is 0.864. The third-order valence-electron chi connectivity index (χ3n) is 4.01. The first-order chi connectivity index (χ1) is 11.3. The molecule has 0 unspecified atom stereocenters. The fraction of sp³-hybridized carbons (Fsp3) is 0.100. The number of rotatable bonds is 3. The molecule has 2 aromatic heterocycles. The first kappa shape index (κ1) is 13.7. The molecule has 112 valence electrons. The second-order valence-corrected chi connectivity index (χ2v) is 5.72. The molecule has 4 rings (SSSR count). The van der Waals surface area contributed by atoms with E-state index in [-0.39, 0.29) is 0 Å². The summed E-state index contributed by atoms with van der Waals surface area (Å²) in [6.07, 6.45) is 4.90. The van der Waals surface area contributed by atoms with Crippen molar-refractivity contribution in [3.05, 3.63) is 89.9 Å². The van der Waals surface area contributed by atoms with Crippen LogP contribution in [0.15, 0.2) is 73.1 Å². The van der Waals surface area contributed by atoms with Crippen molar-refractivity contribution in [3.8, 4) is 11.1 Å². The number of nitrogens with zero attached hydrogens (tertiary/aromatic N) is 3. The van der Waals surface area contributed by atoms with E-state index in [1.807, 2.05) is 41.9 Å². The Bertz CT molecular complexity index is 941. The maximum absolute atomic E-state index is 4.67. The zero-order chi connectivity index (χ0) is 15.6. The predicted octanol–water partition coefficient (Wildman–Crippen LogP) is 4.30. The number of aromatic nitrogens is 3. The van der Waals surface area contributed by atoms with Crippen molar-refractivity contribution >= 4 is 5.65 Å². The van der Waals surface area contributed by atoms with Gasteiger partial charge < -0.3 is 0 Å². The van der Waals surface area contributed by atoms with Crippen LogP contribution < -0.4 is 0 Å². The molecule has 0 bridgehead atoms. The maximum Gasteiger partial charge on any atom is 0.163 e. The minimum absolute atomic E-state index is 0.864. The third-order valence-corrected chi connectivity index (χ3v) is 4.01. The Morgan fingerprint density at radius 2 is 1.57 bits per heavy atom. The van der Waals surface area contributed by atoms with Crippen molar-refractivity contribution in [2.45, 2.75) is 13.3 Å². The van der Waals surface area contributed by atoms with Gasteiger partial charge in [0.1, 0.15) is 0 Å². The fourth-order valence-electron chi connectivity index (χ4n) is 2.95. The molecule has 0 aliphatic rings. The molecule has 0 aliphatic heterocycles. The van der Waals surface area contributed by atoms with Crippen molar-refractivity contribution in [3.63, 3.8) is 0 Å². The molecular weight excluding hydrogens is 282 g/mol. The molecule has 3 heteroatoms. The quantitative estimate of drug-likeness (QED) is 0.565. The van der Waals surface area contributed by atoms with Gasteiger partial charge in [0.05, 0.1) is 5.69 Å². The van der Waals surface area contributed by atoms with Crippen molar-refractivity contribution in [1.82, 2.24) is 14.6 Å². The molecule has 0 amide bonds. The standard InChI is InChI=1S/C20H17N3/c1-15-19(18-10-6-3-7-11-18)20-21-13-17(14-23(20)22-15)12-16-8-4-2-5-9-16/h2-11,13-14H,12H2,1H3. The van der Waals surface area contributed by atoms with E-state index in [0.717, 1.165) is 34.5 Å². The second kappa shape index (κ2) is 5.69. The smallest absolute Gasteiger partial charge is 0.163 e. The van der Waals surface area contributed by atoms with Crippen LogP contribution >= 0.6 is 0 Å². The Morgan fingerprint density at radius 3 is 2.30 bits per heavy atom. The highest BCUT2D eigenvalue weighted by molar-refractivity contribution is 5.79. The normalized spacial score (nSPS) is 11.0. The lowest BCUT2D eigenvalue weighted by atomic mass is 10.1. The highest BCUT2D eigenvalue weighted by atomic mass is 15.2. The lowest BCUT2D eigenvalue weighted by Crippen LogP contribution is -1.96. The Morgan fingerprint density at radius 1 is 0.870 bits per heavy atom. The van der Waals surface area contributed by atoms with E-state index in [9.17, 15) is 0 Å². The average Bonchev–Trinajstić information content (AvgIpc) is 2.91. The zero-order valence-corrected chi connectivity index (χ0v) is 13.0. The third kappa shape index (κ3) is 2.61. The molecule has 0 saturated heterocycles. The second-order valence-electron chi connectivity index (χ2n) is 5.72. The van der Waals surface area contributed by atoms with Gasteiger partial charge in [-0.05, 0) is 23.6 Å². The van der Waals surface area contributed by atoms with Gasteiger partial charge in [-0.3, -0.25) is 0 Å². The molecule has 0 saturated carbocycles. The van der Waals surface area contributed by atoms with Gasteiger partial charge >= 0.3 is 0 Å². The molecular formula is C20H17N3. The van der Waals surface area contributed by atoms with Crippen molar-refractivity contribution in [2.75, 3.05) is 0 Å². The van der Waals surface area contributed by atoms with Crippen LogP contribution in [0.3, 0.4) is 0 Å². The summed E-state index contributed by atoms with van der Waals surface area (Å²) < 4.78 is 1.90. The molecule has 2 heterocycles. The Kier molecular flexibility index (Phi) is 3.39. The van der Waals surface area contributed by atoms with Crippen LogP contribution in [0.4, 0.5) is 0 Å². The van der Waals surface area contributed by atoms with Gasteiger partial charge in [-0.1, -0.05) is 60.7 Å². The van der Waals surface area contributed by atoms with E-state index >= 15 is 0 Å². The molecule has 3 nitrogen and oxygen atoms in total. The van der Waals surface area contributed by atoms with E-state index < -0.39 is 0 Å². The minimum Gasteiger partial charge on any atom is -0.236 e. The summed E-state index contributed by atoms with van der Waals surface area (Å²) in [6, 6.07) is 20.7. The first-order valence-electron chi connectivity index (χ1n) is 7.74. The topological polar surface area (TPSA) is 30.2 Å².